The number of benzene rings is 3. The number of fused-ring (bicyclic) bond motifs is 4. The van der Waals surface area contributed by atoms with Crippen molar-refractivity contribution in [1.82, 2.24) is 0 Å². The highest BCUT2D eigenvalue weighted by molar-refractivity contribution is 6.09. The van der Waals surface area contributed by atoms with Crippen molar-refractivity contribution in [3.05, 3.63) is 71.8 Å². The van der Waals surface area contributed by atoms with Gasteiger partial charge >= 0.3 is 5.97 Å². The molecule has 1 unspecified atom stereocenters. The summed E-state index contributed by atoms with van der Waals surface area (Å²) in [4.78, 5) is 25.6. The zero-order valence-corrected chi connectivity index (χ0v) is 16.5. The van der Waals surface area contributed by atoms with Crippen molar-refractivity contribution in [1.29, 1.82) is 0 Å². The highest BCUT2D eigenvalue weighted by atomic mass is 16.6. The maximum absolute atomic E-state index is 13.1. The van der Waals surface area contributed by atoms with Crippen LogP contribution in [0.3, 0.4) is 0 Å². The Bertz CT molecular complexity index is 1320. The molecular formula is C24H19NO5. The van der Waals surface area contributed by atoms with Gasteiger partial charge in [-0.15, -0.1) is 0 Å². The number of furan rings is 1. The van der Waals surface area contributed by atoms with Gasteiger partial charge in [0.05, 0.1) is 18.4 Å². The number of esters is 1. The first-order valence-electron chi connectivity index (χ1n) is 9.60. The zero-order valence-electron chi connectivity index (χ0n) is 16.5. The minimum absolute atomic E-state index is 0.288. The minimum Gasteiger partial charge on any atom is -0.495 e. The summed E-state index contributed by atoms with van der Waals surface area (Å²) in [5.41, 5.74) is 1.77. The molecule has 1 aliphatic rings. The lowest BCUT2D eigenvalue weighted by atomic mass is 9.89. The number of carbonyl (C=O) groups excluding carboxylic acids is 2. The fourth-order valence-corrected chi connectivity index (χ4v) is 3.93. The molecule has 0 aliphatic carbocycles. The van der Waals surface area contributed by atoms with Crippen molar-refractivity contribution >= 4 is 39.5 Å². The van der Waals surface area contributed by atoms with Crippen molar-refractivity contribution in [2.45, 2.75) is 18.9 Å². The van der Waals surface area contributed by atoms with E-state index in [0.717, 1.165) is 21.9 Å². The standard InChI is InChI=1S/C24H19NO5/c1-24(13-14-7-3-4-8-15(14)22(26)30-24)23(27)25-18-12-20-17(11-21(18)28-2)16-9-5-6-10-19(16)29-20/h3-12H,13H2,1-2H3,(H,25,27). The van der Waals surface area contributed by atoms with Crippen LogP contribution in [0.1, 0.15) is 22.8 Å². The first-order valence-corrected chi connectivity index (χ1v) is 9.60. The van der Waals surface area contributed by atoms with Gasteiger partial charge in [0.1, 0.15) is 16.9 Å². The van der Waals surface area contributed by atoms with Crippen molar-refractivity contribution in [3.8, 4) is 5.75 Å². The van der Waals surface area contributed by atoms with Gasteiger partial charge in [-0.3, -0.25) is 4.79 Å². The van der Waals surface area contributed by atoms with Gasteiger partial charge in [0.25, 0.3) is 5.91 Å². The Labute approximate surface area is 172 Å². The minimum atomic E-state index is -1.33. The molecular weight excluding hydrogens is 382 g/mol. The quantitative estimate of drug-likeness (QED) is 0.503. The summed E-state index contributed by atoms with van der Waals surface area (Å²) in [7, 11) is 1.54. The van der Waals surface area contributed by atoms with Gasteiger partial charge in [-0.05, 0) is 30.7 Å². The molecule has 0 saturated carbocycles. The van der Waals surface area contributed by atoms with E-state index in [0.29, 0.717) is 22.6 Å². The van der Waals surface area contributed by atoms with Crippen molar-refractivity contribution < 1.29 is 23.5 Å². The van der Waals surface area contributed by atoms with E-state index in [4.69, 9.17) is 13.9 Å². The van der Waals surface area contributed by atoms with E-state index >= 15 is 0 Å². The van der Waals surface area contributed by atoms with Crippen LogP contribution < -0.4 is 10.1 Å². The Balaban J connectivity index is 1.51. The lowest BCUT2D eigenvalue weighted by Gasteiger charge is -2.33. The number of amides is 1. The van der Waals surface area contributed by atoms with Gasteiger partial charge in [-0.1, -0.05) is 36.4 Å². The van der Waals surface area contributed by atoms with Gasteiger partial charge in [0.15, 0.2) is 5.60 Å². The maximum atomic E-state index is 13.1. The van der Waals surface area contributed by atoms with E-state index in [1.807, 2.05) is 42.5 Å². The van der Waals surface area contributed by atoms with Crippen LogP contribution in [0.4, 0.5) is 5.69 Å². The lowest BCUT2D eigenvalue weighted by Crippen LogP contribution is -2.48. The summed E-state index contributed by atoms with van der Waals surface area (Å²) >= 11 is 0. The Kier molecular flexibility index (Phi) is 4.03. The van der Waals surface area contributed by atoms with E-state index < -0.39 is 17.5 Å². The maximum Gasteiger partial charge on any atom is 0.339 e. The van der Waals surface area contributed by atoms with E-state index in [-0.39, 0.29) is 6.42 Å². The molecule has 6 nitrogen and oxygen atoms in total. The average Bonchev–Trinajstić information content (AvgIpc) is 3.10. The van der Waals surface area contributed by atoms with E-state index in [1.165, 1.54) is 7.11 Å². The molecule has 0 radical (unpaired) electrons. The van der Waals surface area contributed by atoms with Gasteiger partial charge in [-0.2, -0.15) is 0 Å². The Hall–Kier alpha value is -3.80. The predicted molar refractivity (Wildman–Crippen MR) is 113 cm³/mol. The van der Waals surface area contributed by atoms with Crippen LogP contribution in [0.2, 0.25) is 0 Å². The predicted octanol–water partition coefficient (Wildman–Crippen LogP) is 4.70. The van der Waals surface area contributed by atoms with Crippen LogP contribution in [0, 0.1) is 0 Å². The first-order chi connectivity index (χ1) is 14.5. The number of carbonyl (C=O) groups is 2. The molecule has 1 amide bonds. The van der Waals surface area contributed by atoms with Crippen molar-refractivity contribution in [2.75, 3.05) is 12.4 Å². The number of cyclic esters (lactones) is 1. The molecule has 6 heteroatoms. The van der Waals surface area contributed by atoms with E-state index in [2.05, 4.69) is 5.32 Å². The Morgan fingerprint density at radius 2 is 1.80 bits per heavy atom. The largest absolute Gasteiger partial charge is 0.495 e. The number of hydrogen-bond acceptors (Lipinski definition) is 5. The first kappa shape index (κ1) is 18.2. The zero-order chi connectivity index (χ0) is 20.9. The van der Waals surface area contributed by atoms with Crippen LogP contribution in [0.5, 0.6) is 5.75 Å². The summed E-state index contributed by atoms with van der Waals surface area (Å²) in [5.74, 6) is -0.443. The molecule has 0 spiro atoms. The fraction of sp³-hybridized carbons (Fsp3) is 0.167. The molecule has 4 aromatic rings. The van der Waals surface area contributed by atoms with E-state index in [9.17, 15) is 9.59 Å². The molecule has 1 aliphatic heterocycles. The van der Waals surface area contributed by atoms with Gasteiger partial charge in [-0.25, -0.2) is 4.79 Å². The van der Waals surface area contributed by atoms with Gasteiger partial charge in [0.2, 0.25) is 0 Å². The molecule has 5 rings (SSSR count). The summed E-state index contributed by atoms with van der Waals surface area (Å²) in [6, 6.07) is 18.4. The van der Waals surface area contributed by atoms with Crippen LogP contribution in [-0.4, -0.2) is 24.6 Å². The Morgan fingerprint density at radius 1 is 1.03 bits per heavy atom. The average molecular weight is 401 g/mol. The van der Waals surface area contributed by atoms with E-state index in [1.54, 1.807) is 25.1 Å². The molecule has 1 atom stereocenters. The number of methoxy groups -OCH3 is 1. The third kappa shape index (κ3) is 2.80. The normalized spacial score (nSPS) is 18.1. The second-order valence-corrected chi connectivity index (χ2v) is 7.56. The molecule has 0 bridgehead atoms. The number of anilines is 1. The van der Waals surface area contributed by atoms with Gasteiger partial charge < -0.3 is 19.2 Å². The van der Waals surface area contributed by atoms with Gasteiger partial charge in [0, 0.05) is 23.3 Å². The third-order valence-corrected chi connectivity index (χ3v) is 5.51. The summed E-state index contributed by atoms with van der Waals surface area (Å²) in [6.07, 6.45) is 0.288. The monoisotopic (exact) mass is 401 g/mol. The smallest absolute Gasteiger partial charge is 0.339 e. The fourth-order valence-electron chi connectivity index (χ4n) is 3.93. The number of nitrogens with one attached hydrogen (secondary N) is 1. The number of para-hydroxylation sites is 1. The molecule has 0 fully saturated rings. The summed E-state index contributed by atoms with van der Waals surface area (Å²) in [5, 5.41) is 4.72. The highest BCUT2D eigenvalue weighted by Gasteiger charge is 2.42. The number of ether oxygens (including phenoxy) is 2. The third-order valence-electron chi connectivity index (χ3n) is 5.51. The second-order valence-electron chi connectivity index (χ2n) is 7.56. The second kappa shape index (κ2) is 6.62. The highest BCUT2D eigenvalue weighted by Crippen LogP contribution is 2.37. The SMILES string of the molecule is COc1cc2c(cc1NC(=O)C1(C)Cc3ccccc3C(=O)O1)oc1ccccc12. The summed E-state index contributed by atoms with van der Waals surface area (Å²) < 4.78 is 17.0. The summed E-state index contributed by atoms with van der Waals surface area (Å²) in [6.45, 7) is 1.61. The molecule has 150 valence electrons. The van der Waals surface area contributed by atoms with Crippen LogP contribution >= 0.6 is 0 Å². The van der Waals surface area contributed by atoms with Crippen LogP contribution in [0.15, 0.2) is 65.1 Å². The Morgan fingerprint density at radius 3 is 2.63 bits per heavy atom. The molecule has 1 aromatic heterocycles. The van der Waals surface area contributed by atoms with Crippen molar-refractivity contribution in [3.63, 3.8) is 0 Å². The lowest BCUT2D eigenvalue weighted by molar-refractivity contribution is -0.134. The van der Waals surface area contributed by atoms with Crippen LogP contribution in [0.25, 0.3) is 21.9 Å². The molecule has 0 saturated heterocycles. The topological polar surface area (TPSA) is 77.8 Å². The molecule has 2 heterocycles. The molecule has 30 heavy (non-hydrogen) atoms. The molecule has 3 aromatic carbocycles. The number of rotatable bonds is 3. The molecule has 1 N–H and O–H groups in total. The van der Waals surface area contributed by atoms with Crippen LogP contribution in [-0.2, 0) is 16.0 Å². The number of hydrogen-bond donors (Lipinski definition) is 1. The van der Waals surface area contributed by atoms with Crippen molar-refractivity contribution in [2.24, 2.45) is 0 Å².